The number of anilines is 1. The van der Waals surface area contributed by atoms with Gasteiger partial charge in [0.25, 0.3) is 6.01 Å². The van der Waals surface area contributed by atoms with E-state index in [1.54, 1.807) is 38.1 Å². The van der Waals surface area contributed by atoms with Gasteiger partial charge in [0.15, 0.2) is 0 Å². The first kappa shape index (κ1) is 18.8. The average molecular weight is 423 g/mol. The number of hydrogen-bond donors (Lipinski definition) is 1. The van der Waals surface area contributed by atoms with Crippen LogP contribution in [0.4, 0.5) is 6.01 Å². The molecule has 0 radical (unpaired) electrons. The Kier molecular flexibility index (Phi) is 4.21. The van der Waals surface area contributed by atoms with Gasteiger partial charge < -0.3 is 28.1 Å². The van der Waals surface area contributed by atoms with E-state index in [1.807, 2.05) is 0 Å². The largest absolute Gasteiger partial charge is 0.468 e. The Morgan fingerprint density at radius 1 is 1.23 bits per heavy atom. The summed E-state index contributed by atoms with van der Waals surface area (Å²) in [6.45, 7) is 3.43. The van der Waals surface area contributed by atoms with Gasteiger partial charge in [-0.1, -0.05) is 0 Å². The van der Waals surface area contributed by atoms with Gasteiger partial charge in [-0.2, -0.15) is 4.98 Å². The van der Waals surface area contributed by atoms with Crippen LogP contribution < -0.4 is 22.3 Å². The van der Waals surface area contributed by atoms with Crippen molar-refractivity contribution < 1.29 is 27.2 Å². The normalized spacial score (nSPS) is 15.9. The van der Waals surface area contributed by atoms with E-state index in [9.17, 15) is 9.59 Å². The van der Waals surface area contributed by atoms with Crippen LogP contribution in [0, 0.1) is 0 Å². The second kappa shape index (κ2) is 6.94. The van der Waals surface area contributed by atoms with Crippen LogP contribution in [-0.2, 0) is 9.53 Å². The Balaban J connectivity index is 1.91. The quantitative estimate of drug-likeness (QED) is 0.480. The van der Waals surface area contributed by atoms with Gasteiger partial charge in [0, 0.05) is 6.08 Å². The molecule has 0 fully saturated rings. The van der Waals surface area contributed by atoms with Crippen molar-refractivity contribution in [2.75, 3.05) is 5.73 Å². The summed E-state index contributed by atoms with van der Waals surface area (Å²) in [5.74, 6) is -0.604. The summed E-state index contributed by atoms with van der Waals surface area (Å²) >= 11 is 0. The third-order valence-electron chi connectivity index (χ3n) is 4.70. The molecule has 2 N–H and O–H groups in total. The highest BCUT2D eigenvalue weighted by Gasteiger charge is 2.41. The highest BCUT2D eigenvalue weighted by atomic mass is 16.5. The van der Waals surface area contributed by atoms with Crippen LogP contribution >= 0.6 is 0 Å². The van der Waals surface area contributed by atoms with Crippen LogP contribution in [-0.4, -0.2) is 21.6 Å². The van der Waals surface area contributed by atoms with Gasteiger partial charge in [0.05, 0.1) is 18.6 Å². The molecule has 4 aromatic rings. The molecule has 10 nitrogen and oxygen atoms in total. The van der Waals surface area contributed by atoms with Crippen LogP contribution in [0.3, 0.4) is 0 Å². The summed E-state index contributed by atoms with van der Waals surface area (Å²) in [5.41, 5.74) is 5.41. The molecular weight excluding hydrogens is 406 g/mol. The second-order valence-electron chi connectivity index (χ2n) is 7.13. The first-order valence-corrected chi connectivity index (χ1v) is 9.46. The van der Waals surface area contributed by atoms with Gasteiger partial charge in [0.1, 0.15) is 34.1 Å². The molecule has 0 saturated heterocycles. The number of hydrogen-bond acceptors (Lipinski definition) is 9. The van der Waals surface area contributed by atoms with Crippen molar-refractivity contribution in [1.29, 1.82) is 0 Å². The van der Waals surface area contributed by atoms with E-state index in [1.165, 1.54) is 23.2 Å². The summed E-state index contributed by atoms with van der Waals surface area (Å²) < 4.78 is 28.8. The molecule has 0 amide bonds. The zero-order chi connectivity index (χ0) is 21.7. The van der Waals surface area contributed by atoms with Gasteiger partial charge in [-0.05, 0) is 38.1 Å². The number of nitrogens with zero attached hydrogens (tertiary/aromatic N) is 2. The van der Waals surface area contributed by atoms with Gasteiger partial charge in [-0.25, -0.2) is 14.2 Å². The lowest BCUT2D eigenvalue weighted by molar-refractivity contribution is -0.140. The molecule has 5 rings (SSSR count). The topological polar surface area (TPSA) is 140 Å². The molecule has 0 aliphatic carbocycles. The molecule has 0 aromatic carbocycles. The number of rotatable bonds is 4. The minimum absolute atomic E-state index is 0.0423. The fraction of sp³-hybridized carbons (Fsp3) is 0.190. The molecule has 1 unspecified atom stereocenters. The first-order chi connectivity index (χ1) is 14.9. The number of nitrogens with two attached hydrogens (primary N) is 1. The Labute approximate surface area is 173 Å². The number of fused-ring (bicyclic) bond motifs is 3. The van der Waals surface area contributed by atoms with Crippen LogP contribution in [0.25, 0.3) is 17.5 Å². The molecule has 0 spiro atoms. The van der Waals surface area contributed by atoms with Gasteiger partial charge in [-0.3, -0.25) is 0 Å². The van der Waals surface area contributed by atoms with Crippen molar-refractivity contribution in [1.82, 2.24) is 9.55 Å². The Bertz CT molecular complexity index is 1430. The fourth-order valence-corrected chi connectivity index (χ4v) is 3.56. The van der Waals surface area contributed by atoms with Crippen molar-refractivity contribution in [2.24, 2.45) is 0 Å². The maximum atomic E-state index is 13.1. The average Bonchev–Trinajstić information content (AvgIpc) is 3.48. The predicted octanol–water partition coefficient (Wildman–Crippen LogP) is 1.26. The highest BCUT2D eigenvalue weighted by molar-refractivity contribution is 6.12. The monoisotopic (exact) mass is 423 g/mol. The minimum Gasteiger partial charge on any atom is -0.468 e. The Morgan fingerprint density at radius 2 is 2.00 bits per heavy atom. The van der Waals surface area contributed by atoms with Crippen molar-refractivity contribution in [3.8, 4) is 5.88 Å². The van der Waals surface area contributed by atoms with E-state index in [0.717, 1.165) is 0 Å². The van der Waals surface area contributed by atoms with E-state index in [-0.39, 0.29) is 34.1 Å². The maximum Gasteiger partial charge on any atom is 0.362 e. The molecule has 1 atom stereocenters. The van der Waals surface area contributed by atoms with E-state index >= 15 is 0 Å². The first-order valence-electron chi connectivity index (χ1n) is 9.46. The lowest BCUT2D eigenvalue weighted by Crippen LogP contribution is -2.37. The molecular formula is C21H17N3O7. The molecule has 158 valence electrons. The molecule has 5 heterocycles. The molecule has 1 aliphatic rings. The number of carbonyl (C=O) groups is 1. The van der Waals surface area contributed by atoms with Gasteiger partial charge in [-0.15, -0.1) is 0 Å². The predicted molar refractivity (Wildman–Crippen MR) is 105 cm³/mol. The van der Waals surface area contributed by atoms with E-state index in [0.29, 0.717) is 11.5 Å². The zero-order valence-electron chi connectivity index (χ0n) is 16.5. The van der Waals surface area contributed by atoms with Crippen molar-refractivity contribution in [3.05, 3.63) is 75.3 Å². The van der Waals surface area contributed by atoms with E-state index in [2.05, 4.69) is 4.98 Å². The number of carbonyl (C=O) groups excluding carboxylic acids is 1. The maximum absolute atomic E-state index is 13.1. The van der Waals surface area contributed by atoms with Crippen LogP contribution in [0.1, 0.15) is 37.0 Å². The summed E-state index contributed by atoms with van der Waals surface area (Å²) in [7, 11) is 0. The zero-order valence-corrected chi connectivity index (χ0v) is 16.5. The standard InChI is InChI=1S/C21H17N3O7/c1-10(2)29-20(26)15-14(13-6-4-8-28-13)16-18(31-21(22)23-16)24-12(19(25)30-17(15)24)9-11-5-3-7-27-11/h3-10,14H,1-2H3,(H2,22,23)/b12-9+. The minimum atomic E-state index is -0.848. The van der Waals surface area contributed by atoms with Gasteiger partial charge >= 0.3 is 11.6 Å². The fourth-order valence-electron chi connectivity index (χ4n) is 3.56. The van der Waals surface area contributed by atoms with Crippen molar-refractivity contribution >= 4 is 23.6 Å². The van der Waals surface area contributed by atoms with E-state index < -0.39 is 23.6 Å². The van der Waals surface area contributed by atoms with Crippen LogP contribution in [0.5, 0.6) is 0 Å². The smallest absolute Gasteiger partial charge is 0.362 e. The third-order valence-corrected chi connectivity index (χ3v) is 4.70. The second-order valence-corrected chi connectivity index (χ2v) is 7.13. The molecule has 1 aliphatic heterocycles. The number of nitrogen functional groups attached to an aromatic ring is 1. The third kappa shape index (κ3) is 3.00. The molecule has 0 saturated carbocycles. The number of esters is 1. The van der Waals surface area contributed by atoms with Crippen LogP contribution in [0.2, 0.25) is 0 Å². The van der Waals surface area contributed by atoms with Crippen LogP contribution in [0.15, 0.2) is 59.3 Å². The number of ether oxygens (including phenoxy) is 1. The number of furan rings is 2. The number of aromatic nitrogens is 2. The molecule has 0 bridgehead atoms. The molecule has 31 heavy (non-hydrogen) atoms. The Hall–Kier alpha value is -4.21. The molecule has 4 aromatic heterocycles. The number of oxazole rings is 2. The lowest BCUT2D eigenvalue weighted by atomic mass is 9.91. The molecule has 10 heteroatoms. The SMILES string of the molecule is CC(C)OC(=O)C1=c2oc(=O)/c(=C\c3ccco3)n2-c2oc(N)nc2C1c1ccco1. The highest BCUT2D eigenvalue weighted by Crippen LogP contribution is 2.38. The van der Waals surface area contributed by atoms with E-state index in [4.69, 9.17) is 28.1 Å². The Morgan fingerprint density at radius 3 is 2.68 bits per heavy atom. The van der Waals surface area contributed by atoms with Crippen molar-refractivity contribution in [3.63, 3.8) is 0 Å². The summed E-state index contributed by atoms with van der Waals surface area (Å²) in [6.07, 6.45) is 3.99. The summed E-state index contributed by atoms with van der Waals surface area (Å²) in [6, 6.07) is 6.55. The summed E-state index contributed by atoms with van der Waals surface area (Å²) in [4.78, 5) is 30.2. The van der Waals surface area contributed by atoms with Crippen molar-refractivity contribution in [2.45, 2.75) is 25.9 Å². The van der Waals surface area contributed by atoms with Gasteiger partial charge in [0.2, 0.25) is 11.4 Å². The summed E-state index contributed by atoms with van der Waals surface area (Å²) in [5, 5.41) is 0.0649. The lowest BCUT2D eigenvalue weighted by Gasteiger charge is -2.20.